The molecule has 1 aromatic rings. The van der Waals surface area contributed by atoms with Crippen LogP contribution in [0.3, 0.4) is 0 Å². The summed E-state index contributed by atoms with van der Waals surface area (Å²) >= 11 is 0. The van der Waals surface area contributed by atoms with E-state index in [1.807, 2.05) is 30.3 Å². The fraction of sp³-hybridized carbons (Fsp3) is 0.357. The first kappa shape index (κ1) is 10.9. The van der Waals surface area contributed by atoms with Crippen molar-refractivity contribution in [2.75, 3.05) is 0 Å². The van der Waals surface area contributed by atoms with E-state index in [4.69, 9.17) is 5.73 Å². The Kier molecular flexibility index (Phi) is 3.40. The van der Waals surface area contributed by atoms with Crippen molar-refractivity contribution in [3.63, 3.8) is 0 Å². The molecule has 2 rings (SSSR count). The number of benzene rings is 1. The Morgan fingerprint density at radius 1 is 1.31 bits per heavy atom. The number of rotatable bonds is 3. The minimum Gasteiger partial charge on any atom is -0.369 e. The van der Waals surface area contributed by atoms with Gasteiger partial charge in [-0.2, -0.15) is 0 Å². The zero-order chi connectivity index (χ0) is 11.4. The molecule has 1 aliphatic carbocycles. The third-order valence-corrected chi connectivity index (χ3v) is 3.18. The highest BCUT2D eigenvalue weighted by Gasteiger charge is 2.26. The summed E-state index contributed by atoms with van der Waals surface area (Å²) in [7, 11) is 0. The van der Waals surface area contributed by atoms with Gasteiger partial charge in [0, 0.05) is 0 Å². The first-order chi connectivity index (χ1) is 7.79. The molecule has 84 valence electrons. The van der Waals surface area contributed by atoms with Crippen molar-refractivity contribution >= 4 is 5.91 Å². The maximum absolute atomic E-state index is 11.6. The molecule has 2 unspecified atom stereocenters. The van der Waals surface area contributed by atoms with Crippen LogP contribution in [0, 0.1) is 5.92 Å². The normalized spacial score (nSPS) is 21.6. The maximum Gasteiger partial charge on any atom is 0.225 e. The summed E-state index contributed by atoms with van der Waals surface area (Å²) in [6.45, 7) is 0. The van der Waals surface area contributed by atoms with E-state index < -0.39 is 0 Å². The first-order valence-corrected chi connectivity index (χ1v) is 5.80. The van der Waals surface area contributed by atoms with Gasteiger partial charge in [-0.25, -0.2) is 0 Å². The Morgan fingerprint density at radius 3 is 2.62 bits per heavy atom. The van der Waals surface area contributed by atoms with Crippen LogP contribution in [0.2, 0.25) is 0 Å². The zero-order valence-electron chi connectivity index (χ0n) is 9.30. The van der Waals surface area contributed by atoms with Gasteiger partial charge in [0.05, 0.1) is 5.92 Å². The average molecular weight is 215 g/mol. The molecule has 0 saturated heterocycles. The zero-order valence-corrected chi connectivity index (χ0v) is 9.30. The fourth-order valence-electron chi connectivity index (χ4n) is 2.40. The van der Waals surface area contributed by atoms with Crippen molar-refractivity contribution in [3.05, 3.63) is 48.0 Å². The molecule has 0 radical (unpaired) electrons. The quantitative estimate of drug-likeness (QED) is 0.774. The predicted octanol–water partition coefficient (Wildman–Crippen LogP) is 2.61. The number of amides is 1. The summed E-state index contributed by atoms with van der Waals surface area (Å²) in [5.41, 5.74) is 6.56. The van der Waals surface area contributed by atoms with E-state index in [2.05, 4.69) is 12.2 Å². The molecule has 0 spiro atoms. The number of hydrogen-bond acceptors (Lipinski definition) is 1. The molecule has 2 heteroatoms. The number of primary amides is 1. The highest BCUT2D eigenvalue weighted by Crippen LogP contribution is 2.32. The second kappa shape index (κ2) is 4.97. The number of carbonyl (C=O) groups is 1. The van der Waals surface area contributed by atoms with Crippen LogP contribution in [-0.4, -0.2) is 5.91 Å². The van der Waals surface area contributed by atoms with Crippen LogP contribution >= 0.6 is 0 Å². The van der Waals surface area contributed by atoms with Crippen LogP contribution in [0.5, 0.6) is 0 Å². The van der Waals surface area contributed by atoms with Crippen molar-refractivity contribution in [2.24, 2.45) is 11.7 Å². The Bertz CT molecular complexity index is 383. The molecular formula is C14H17NO. The molecule has 0 fully saturated rings. The molecule has 1 aliphatic rings. The molecule has 1 aromatic carbocycles. The smallest absolute Gasteiger partial charge is 0.225 e. The van der Waals surface area contributed by atoms with E-state index in [1.165, 1.54) is 0 Å². The van der Waals surface area contributed by atoms with Crippen molar-refractivity contribution in [1.82, 2.24) is 0 Å². The average Bonchev–Trinajstić information content (AvgIpc) is 2.31. The summed E-state index contributed by atoms with van der Waals surface area (Å²) in [6, 6.07) is 9.84. The van der Waals surface area contributed by atoms with Gasteiger partial charge in [-0.05, 0) is 30.7 Å². The van der Waals surface area contributed by atoms with Crippen molar-refractivity contribution in [3.8, 4) is 0 Å². The van der Waals surface area contributed by atoms with Gasteiger partial charge >= 0.3 is 0 Å². The summed E-state index contributed by atoms with van der Waals surface area (Å²) in [4.78, 5) is 11.6. The number of nitrogens with two attached hydrogens (primary N) is 1. The summed E-state index contributed by atoms with van der Waals surface area (Å²) < 4.78 is 0. The van der Waals surface area contributed by atoms with E-state index in [0.717, 1.165) is 24.8 Å². The van der Waals surface area contributed by atoms with E-state index >= 15 is 0 Å². The Labute approximate surface area is 96.2 Å². The lowest BCUT2D eigenvalue weighted by atomic mass is 9.80. The van der Waals surface area contributed by atoms with Crippen molar-refractivity contribution in [1.29, 1.82) is 0 Å². The molecule has 0 aromatic heterocycles. The van der Waals surface area contributed by atoms with E-state index in [9.17, 15) is 4.79 Å². The predicted molar refractivity (Wildman–Crippen MR) is 64.9 cm³/mol. The molecule has 2 atom stereocenters. The van der Waals surface area contributed by atoms with Gasteiger partial charge in [-0.3, -0.25) is 4.79 Å². The van der Waals surface area contributed by atoms with Crippen LogP contribution < -0.4 is 5.73 Å². The molecule has 0 bridgehead atoms. The Balaban J connectivity index is 2.27. The third-order valence-electron chi connectivity index (χ3n) is 3.18. The van der Waals surface area contributed by atoms with Crippen LogP contribution in [0.15, 0.2) is 42.5 Å². The lowest BCUT2D eigenvalue weighted by molar-refractivity contribution is -0.120. The third kappa shape index (κ3) is 2.32. The lowest BCUT2D eigenvalue weighted by Gasteiger charge is -2.24. The molecular weight excluding hydrogens is 198 g/mol. The summed E-state index contributed by atoms with van der Waals surface area (Å²) in [5.74, 6) is -0.117. The minimum atomic E-state index is -0.220. The topological polar surface area (TPSA) is 43.1 Å². The van der Waals surface area contributed by atoms with Crippen LogP contribution in [0.4, 0.5) is 0 Å². The number of carbonyl (C=O) groups excluding carboxylic acids is 1. The highest BCUT2D eigenvalue weighted by atomic mass is 16.1. The van der Waals surface area contributed by atoms with Gasteiger partial charge in [0.1, 0.15) is 0 Å². The van der Waals surface area contributed by atoms with Crippen LogP contribution in [0.1, 0.15) is 30.7 Å². The van der Waals surface area contributed by atoms with Gasteiger partial charge in [0.25, 0.3) is 0 Å². The summed E-state index contributed by atoms with van der Waals surface area (Å²) in [5, 5.41) is 0. The van der Waals surface area contributed by atoms with E-state index in [-0.39, 0.29) is 17.7 Å². The molecule has 0 saturated carbocycles. The van der Waals surface area contributed by atoms with Gasteiger partial charge in [-0.15, -0.1) is 0 Å². The maximum atomic E-state index is 11.6. The second-order valence-corrected chi connectivity index (χ2v) is 4.31. The SMILES string of the molecule is NC(=O)C(c1ccccc1)C1C=CCCC1. The molecule has 16 heavy (non-hydrogen) atoms. The fourth-order valence-corrected chi connectivity index (χ4v) is 2.40. The van der Waals surface area contributed by atoms with Crippen molar-refractivity contribution in [2.45, 2.75) is 25.2 Å². The molecule has 0 aliphatic heterocycles. The molecule has 2 nitrogen and oxygen atoms in total. The van der Waals surface area contributed by atoms with E-state index in [1.54, 1.807) is 0 Å². The Morgan fingerprint density at radius 2 is 2.06 bits per heavy atom. The van der Waals surface area contributed by atoms with Gasteiger partial charge in [-0.1, -0.05) is 42.5 Å². The van der Waals surface area contributed by atoms with Gasteiger partial charge in [0.2, 0.25) is 5.91 Å². The first-order valence-electron chi connectivity index (χ1n) is 5.80. The largest absolute Gasteiger partial charge is 0.369 e. The summed E-state index contributed by atoms with van der Waals surface area (Å²) in [6.07, 6.45) is 7.63. The van der Waals surface area contributed by atoms with E-state index in [0.29, 0.717) is 0 Å². The van der Waals surface area contributed by atoms with Crippen molar-refractivity contribution < 1.29 is 4.79 Å². The van der Waals surface area contributed by atoms with Crippen LogP contribution in [0.25, 0.3) is 0 Å². The highest BCUT2D eigenvalue weighted by molar-refractivity contribution is 5.82. The van der Waals surface area contributed by atoms with Crippen LogP contribution in [-0.2, 0) is 4.79 Å². The number of hydrogen-bond donors (Lipinski definition) is 1. The van der Waals surface area contributed by atoms with Gasteiger partial charge in [0.15, 0.2) is 0 Å². The number of allylic oxidation sites excluding steroid dienone is 2. The standard InChI is InChI=1S/C14H17NO/c15-14(16)13(11-7-3-1-4-8-11)12-9-5-2-6-10-12/h1,3-5,7-9,12-13H,2,6,10H2,(H2,15,16). The molecule has 1 amide bonds. The lowest BCUT2D eigenvalue weighted by Crippen LogP contribution is -2.28. The minimum absolute atomic E-state index is 0.169. The Hall–Kier alpha value is -1.57. The van der Waals surface area contributed by atoms with Gasteiger partial charge < -0.3 is 5.73 Å². The molecule has 0 heterocycles. The molecule has 2 N–H and O–H groups in total. The second-order valence-electron chi connectivity index (χ2n) is 4.31. The monoisotopic (exact) mass is 215 g/mol.